The first kappa shape index (κ1) is 14.5. The van der Waals surface area contributed by atoms with Gasteiger partial charge in [-0.2, -0.15) is 5.26 Å². The normalized spacial score (nSPS) is 21.0. The molecule has 6 nitrogen and oxygen atoms in total. The van der Waals surface area contributed by atoms with E-state index in [0.29, 0.717) is 13.0 Å². The van der Waals surface area contributed by atoms with Crippen LogP contribution in [0.4, 0.5) is 0 Å². The van der Waals surface area contributed by atoms with E-state index in [4.69, 9.17) is 10.00 Å². The number of ether oxygens (including phenoxy) is 1. The average Bonchev–Trinajstić information content (AvgIpc) is 3.18. The van der Waals surface area contributed by atoms with E-state index in [0.717, 1.165) is 0 Å². The Kier molecular flexibility index (Phi) is 4.06. The number of nitrogens with zero attached hydrogens (tertiary/aromatic N) is 1. The van der Waals surface area contributed by atoms with Gasteiger partial charge in [0.2, 0.25) is 5.91 Å². The fourth-order valence-electron chi connectivity index (χ4n) is 1.85. The second kappa shape index (κ2) is 5.61. The molecule has 0 unspecified atom stereocenters. The van der Waals surface area contributed by atoms with Gasteiger partial charge in [0, 0.05) is 6.61 Å². The lowest BCUT2D eigenvalue weighted by Crippen LogP contribution is -2.32. The highest BCUT2D eigenvalue weighted by atomic mass is 32.2. The van der Waals surface area contributed by atoms with Crippen molar-refractivity contribution in [3.8, 4) is 6.07 Å². The first-order valence-corrected chi connectivity index (χ1v) is 7.64. The Hall–Kier alpha value is -1.91. The number of hydrogen-bond acceptors (Lipinski definition) is 5. The van der Waals surface area contributed by atoms with E-state index >= 15 is 0 Å². The number of carbonyl (C=O) groups is 1. The zero-order valence-electron chi connectivity index (χ0n) is 10.9. The van der Waals surface area contributed by atoms with Gasteiger partial charge in [-0.1, -0.05) is 6.07 Å². The largest absolute Gasteiger partial charge is 0.378 e. The molecule has 1 amide bonds. The quantitative estimate of drug-likeness (QED) is 0.866. The summed E-state index contributed by atoms with van der Waals surface area (Å²) in [5, 5.41) is 8.75. The van der Waals surface area contributed by atoms with Crippen LogP contribution in [-0.4, -0.2) is 27.0 Å². The molecular formula is C13H14N2O4S. The van der Waals surface area contributed by atoms with Crippen molar-refractivity contribution in [2.45, 2.75) is 24.3 Å². The third-order valence-corrected chi connectivity index (χ3v) is 4.30. The number of rotatable bonds is 5. The van der Waals surface area contributed by atoms with Gasteiger partial charge in [0.1, 0.15) is 0 Å². The number of sulfonamides is 1. The van der Waals surface area contributed by atoms with Crippen LogP contribution in [0, 0.1) is 17.2 Å². The molecule has 1 aliphatic carbocycles. The van der Waals surface area contributed by atoms with E-state index < -0.39 is 21.8 Å². The minimum atomic E-state index is -3.94. The monoisotopic (exact) mass is 294 g/mol. The minimum Gasteiger partial charge on any atom is -0.378 e. The van der Waals surface area contributed by atoms with Gasteiger partial charge in [-0.15, -0.1) is 0 Å². The molecule has 0 bridgehead atoms. The summed E-state index contributed by atoms with van der Waals surface area (Å²) in [6.45, 7) is 2.31. The van der Waals surface area contributed by atoms with Crippen LogP contribution >= 0.6 is 0 Å². The Labute approximate surface area is 117 Å². The molecular weight excluding hydrogens is 280 g/mol. The predicted molar refractivity (Wildman–Crippen MR) is 70.0 cm³/mol. The fraction of sp³-hybridized carbons (Fsp3) is 0.385. The number of carbonyl (C=O) groups excluding carboxylic acids is 1. The molecule has 1 aromatic rings. The molecule has 0 spiro atoms. The smallest absolute Gasteiger partial charge is 0.264 e. The Bertz CT molecular complexity index is 663. The summed E-state index contributed by atoms with van der Waals surface area (Å²) < 4.78 is 31.3. The Morgan fingerprint density at radius 3 is 2.95 bits per heavy atom. The average molecular weight is 294 g/mol. The molecule has 106 valence electrons. The van der Waals surface area contributed by atoms with Crippen molar-refractivity contribution in [3.63, 3.8) is 0 Å². The lowest BCUT2D eigenvalue weighted by Gasteiger charge is -2.07. The van der Waals surface area contributed by atoms with Crippen molar-refractivity contribution >= 4 is 15.9 Å². The molecule has 1 N–H and O–H groups in total. The molecule has 20 heavy (non-hydrogen) atoms. The fourth-order valence-corrected chi connectivity index (χ4v) is 2.92. The number of amides is 1. The molecule has 0 radical (unpaired) electrons. The Morgan fingerprint density at radius 1 is 1.55 bits per heavy atom. The highest BCUT2D eigenvalue weighted by molar-refractivity contribution is 7.90. The summed E-state index contributed by atoms with van der Waals surface area (Å²) in [5.74, 6) is -0.977. The Morgan fingerprint density at radius 2 is 2.30 bits per heavy atom. The van der Waals surface area contributed by atoms with Gasteiger partial charge < -0.3 is 4.74 Å². The zero-order valence-corrected chi connectivity index (χ0v) is 11.7. The van der Waals surface area contributed by atoms with Crippen molar-refractivity contribution in [2.75, 3.05) is 6.61 Å². The second-order valence-corrected chi connectivity index (χ2v) is 6.13. The standard InChI is InChI=1S/C13H14N2O4S/c1-2-19-12-7-11(12)13(16)15-20(17,18)10-5-3-4-9(6-10)8-14/h3-6,11-12H,2,7H2,1H3,(H,15,16)/t11-,12+/m1/s1. The number of benzene rings is 1. The van der Waals surface area contributed by atoms with Crippen LogP contribution in [0.15, 0.2) is 29.2 Å². The minimum absolute atomic E-state index is 0.0986. The highest BCUT2D eigenvalue weighted by Gasteiger charge is 2.45. The molecule has 7 heteroatoms. The molecule has 1 aliphatic rings. The van der Waals surface area contributed by atoms with Gasteiger partial charge in [0.05, 0.1) is 28.6 Å². The van der Waals surface area contributed by atoms with Crippen molar-refractivity contribution in [3.05, 3.63) is 29.8 Å². The Balaban J connectivity index is 2.08. The van der Waals surface area contributed by atoms with Gasteiger partial charge in [0.15, 0.2) is 0 Å². The van der Waals surface area contributed by atoms with Crippen LogP contribution in [0.25, 0.3) is 0 Å². The summed E-state index contributed by atoms with van der Waals surface area (Å²) in [5.41, 5.74) is 0.221. The van der Waals surface area contributed by atoms with Crippen molar-refractivity contribution in [2.24, 2.45) is 5.92 Å². The molecule has 0 heterocycles. The van der Waals surface area contributed by atoms with Gasteiger partial charge in [-0.3, -0.25) is 4.79 Å². The lowest BCUT2D eigenvalue weighted by molar-refractivity contribution is -0.121. The van der Waals surface area contributed by atoms with Crippen LogP contribution in [0.1, 0.15) is 18.9 Å². The van der Waals surface area contributed by atoms with E-state index in [1.807, 2.05) is 17.7 Å². The van der Waals surface area contributed by atoms with E-state index in [1.165, 1.54) is 24.3 Å². The molecule has 0 saturated heterocycles. The molecule has 0 aliphatic heterocycles. The van der Waals surface area contributed by atoms with Gasteiger partial charge in [-0.05, 0) is 31.5 Å². The molecule has 2 atom stereocenters. The highest BCUT2D eigenvalue weighted by Crippen LogP contribution is 2.34. The van der Waals surface area contributed by atoms with Gasteiger partial charge in [0.25, 0.3) is 10.0 Å². The van der Waals surface area contributed by atoms with Crippen LogP contribution in [0.5, 0.6) is 0 Å². The topological polar surface area (TPSA) is 96.3 Å². The van der Waals surface area contributed by atoms with Crippen LogP contribution in [0.2, 0.25) is 0 Å². The summed E-state index contributed by atoms with van der Waals surface area (Å²) in [6.07, 6.45) is 0.341. The summed E-state index contributed by atoms with van der Waals surface area (Å²) in [7, 11) is -3.94. The number of hydrogen-bond donors (Lipinski definition) is 1. The van der Waals surface area contributed by atoms with Crippen LogP contribution in [0.3, 0.4) is 0 Å². The number of nitrogens with one attached hydrogen (secondary N) is 1. The molecule has 1 aromatic carbocycles. The van der Waals surface area contributed by atoms with Crippen LogP contribution in [-0.2, 0) is 19.6 Å². The first-order valence-electron chi connectivity index (χ1n) is 6.16. The number of nitriles is 1. The summed E-state index contributed by atoms with van der Waals surface area (Å²) >= 11 is 0. The first-order chi connectivity index (χ1) is 9.47. The maximum absolute atomic E-state index is 12.0. The van der Waals surface area contributed by atoms with Gasteiger partial charge >= 0.3 is 0 Å². The SMILES string of the molecule is CCO[C@H]1C[C@H]1C(=O)NS(=O)(=O)c1cccc(C#N)c1. The van der Waals surface area contributed by atoms with Crippen molar-refractivity contribution < 1.29 is 17.9 Å². The maximum atomic E-state index is 12.0. The van der Waals surface area contributed by atoms with Gasteiger partial charge in [-0.25, -0.2) is 13.1 Å². The maximum Gasteiger partial charge on any atom is 0.264 e. The van der Waals surface area contributed by atoms with Crippen LogP contribution < -0.4 is 4.72 Å². The predicted octanol–water partition coefficient (Wildman–Crippen LogP) is 0.788. The third-order valence-electron chi connectivity index (χ3n) is 2.96. The summed E-state index contributed by atoms with van der Waals surface area (Å²) in [6, 6.07) is 7.36. The molecule has 1 fully saturated rings. The summed E-state index contributed by atoms with van der Waals surface area (Å²) in [4.78, 5) is 11.7. The third kappa shape index (κ3) is 3.15. The van der Waals surface area contributed by atoms with E-state index in [2.05, 4.69) is 0 Å². The van der Waals surface area contributed by atoms with Crippen molar-refractivity contribution in [1.29, 1.82) is 5.26 Å². The van der Waals surface area contributed by atoms with E-state index in [-0.39, 0.29) is 16.6 Å². The van der Waals surface area contributed by atoms with E-state index in [9.17, 15) is 13.2 Å². The van der Waals surface area contributed by atoms with E-state index in [1.54, 1.807) is 0 Å². The molecule has 1 saturated carbocycles. The molecule has 0 aromatic heterocycles. The molecule has 2 rings (SSSR count). The lowest BCUT2D eigenvalue weighted by atomic mass is 10.2. The zero-order chi connectivity index (χ0) is 14.8. The second-order valence-electron chi connectivity index (χ2n) is 4.45. The van der Waals surface area contributed by atoms with Crippen molar-refractivity contribution in [1.82, 2.24) is 4.72 Å².